The van der Waals surface area contributed by atoms with Gasteiger partial charge < -0.3 is 58.8 Å². The Bertz CT molecular complexity index is 2270. The molecule has 0 spiro atoms. The van der Waals surface area contributed by atoms with Gasteiger partial charge in [-0.15, -0.1) is 0 Å². The second-order valence-corrected chi connectivity index (χ2v) is 13.5. The normalized spacial score (nSPS) is 16.5. The molecule has 2 unspecified atom stereocenters. The second kappa shape index (κ2) is 16.3. The predicted octanol–water partition coefficient (Wildman–Crippen LogP) is 3.84. The molecule has 1 fully saturated rings. The van der Waals surface area contributed by atoms with Crippen LogP contribution in [0.1, 0.15) is 61.8 Å². The molecular weight excluding hydrogens is 730 g/mol. The third-order valence-electron chi connectivity index (χ3n) is 9.76. The first kappa shape index (κ1) is 38.1. The Morgan fingerprint density at radius 1 is 1.09 bits per heavy atom. The minimum Gasteiger partial charge on any atom is -0.507 e. The van der Waals surface area contributed by atoms with Gasteiger partial charge in [0.2, 0.25) is 19.0 Å². The topological polar surface area (TPSA) is 220 Å². The summed E-state index contributed by atoms with van der Waals surface area (Å²) in [6, 6.07) is 9.91. The van der Waals surface area contributed by atoms with Gasteiger partial charge in [0.05, 0.1) is 41.2 Å². The maximum absolute atomic E-state index is 13.8. The van der Waals surface area contributed by atoms with Gasteiger partial charge in [0.15, 0.2) is 11.5 Å². The van der Waals surface area contributed by atoms with E-state index in [2.05, 4.69) is 5.32 Å². The number of ether oxygens (including phenoxy) is 6. The van der Waals surface area contributed by atoms with E-state index in [4.69, 9.17) is 39.1 Å². The summed E-state index contributed by atoms with van der Waals surface area (Å²) < 4.78 is 35.3. The number of carbonyl (C=O) groups excluding carboxylic acids is 4. The smallest absolute Gasteiger partial charge is 0.410 e. The van der Waals surface area contributed by atoms with Crippen LogP contribution in [0.2, 0.25) is 0 Å². The van der Waals surface area contributed by atoms with Crippen LogP contribution < -0.4 is 30.8 Å². The largest absolute Gasteiger partial charge is 0.507 e. The Balaban J connectivity index is 1.15. The number of esters is 1. The molecule has 56 heavy (non-hydrogen) atoms. The maximum atomic E-state index is 13.8. The standard InChI is InChI=1S/C39H41N5O12/c1-3-43(39(50)52-18-22-7-8-32(29(11-22)41-35(48)9-10-40)56-36-6-4-5-23(17-45)55-36)15-25-24-12-33-34(54-20-53-33)13-28(24)42-37-26(25)16-44-30(37)14-31(47)27(38(44)49)19-51-21(2)46/h7-8,11-14,17,23,36,47H,3-6,9-10,15-16,18-20,40H2,1-2H3,(H,41,48). The lowest BCUT2D eigenvalue weighted by Crippen LogP contribution is -2.32. The average Bonchev–Trinajstić information content (AvgIpc) is 3.80. The second-order valence-electron chi connectivity index (χ2n) is 13.5. The zero-order valence-corrected chi connectivity index (χ0v) is 30.8. The summed E-state index contributed by atoms with van der Waals surface area (Å²) in [7, 11) is 0. The van der Waals surface area contributed by atoms with Crippen LogP contribution in [0.25, 0.3) is 22.3 Å². The van der Waals surface area contributed by atoms with E-state index in [1.807, 2.05) is 0 Å². The van der Waals surface area contributed by atoms with Crippen LogP contribution in [0.5, 0.6) is 23.0 Å². The van der Waals surface area contributed by atoms with Crippen molar-refractivity contribution in [3.8, 4) is 34.4 Å². The van der Waals surface area contributed by atoms with Crippen LogP contribution in [0.4, 0.5) is 10.5 Å². The Morgan fingerprint density at radius 2 is 1.89 bits per heavy atom. The molecule has 0 saturated carbocycles. The fourth-order valence-electron chi connectivity index (χ4n) is 6.91. The number of hydrogen-bond acceptors (Lipinski definition) is 14. The van der Waals surface area contributed by atoms with Gasteiger partial charge in [0, 0.05) is 55.9 Å². The lowest BCUT2D eigenvalue weighted by Gasteiger charge is -2.28. The number of amides is 2. The molecule has 2 aromatic carbocycles. The summed E-state index contributed by atoms with van der Waals surface area (Å²) in [5.74, 6) is 0.0442. The highest BCUT2D eigenvalue weighted by Gasteiger charge is 2.31. The van der Waals surface area contributed by atoms with Crippen molar-refractivity contribution in [2.75, 3.05) is 25.2 Å². The van der Waals surface area contributed by atoms with Gasteiger partial charge in [0.25, 0.3) is 5.56 Å². The van der Waals surface area contributed by atoms with E-state index in [9.17, 15) is 29.1 Å². The molecule has 17 nitrogen and oxygen atoms in total. The zero-order chi connectivity index (χ0) is 39.5. The Morgan fingerprint density at radius 3 is 2.64 bits per heavy atom. The Hall–Kier alpha value is -6.20. The number of anilines is 1. The number of rotatable bonds is 13. The third-order valence-corrected chi connectivity index (χ3v) is 9.76. The number of carbonyl (C=O) groups is 4. The molecule has 2 amide bonds. The molecule has 17 heteroatoms. The first-order valence-corrected chi connectivity index (χ1v) is 18.2. The molecule has 5 heterocycles. The van der Waals surface area contributed by atoms with Crippen LogP contribution >= 0.6 is 0 Å². The number of nitrogens with one attached hydrogen (secondary N) is 1. The summed E-state index contributed by atoms with van der Waals surface area (Å²) in [5, 5.41) is 14.3. The lowest BCUT2D eigenvalue weighted by molar-refractivity contribution is -0.156. The van der Waals surface area contributed by atoms with Crippen molar-refractivity contribution in [2.45, 2.75) is 78.2 Å². The monoisotopic (exact) mass is 771 g/mol. The molecule has 0 aliphatic carbocycles. The highest BCUT2D eigenvalue weighted by atomic mass is 16.7. The Kier molecular flexibility index (Phi) is 11.1. The summed E-state index contributed by atoms with van der Waals surface area (Å²) in [6.07, 6.45) is 0.830. The van der Waals surface area contributed by atoms with Gasteiger partial charge in [-0.05, 0) is 49.1 Å². The fourth-order valence-corrected chi connectivity index (χ4v) is 6.91. The number of pyridine rings is 2. The van der Waals surface area contributed by atoms with E-state index in [0.29, 0.717) is 74.8 Å². The average molecular weight is 772 g/mol. The molecule has 3 aliphatic heterocycles. The van der Waals surface area contributed by atoms with Crippen molar-refractivity contribution in [1.82, 2.24) is 14.5 Å². The minimum atomic E-state index is -0.684. The van der Waals surface area contributed by atoms with Gasteiger partial charge in [0.1, 0.15) is 37.1 Å². The summed E-state index contributed by atoms with van der Waals surface area (Å²) in [5.41, 5.74) is 8.52. The number of aromatic nitrogens is 2. The first-order valence-electron chi connectivity index (χ1n) is 18.2. The third kappa shape index (κ3) is 7.81. The summed E-state index contributed by atoms with van der Waals surface area (Å²) in [6.45, 7) is 3.02. The molecule has 3 aliphatic rings. The molecule has 0 bridgehead atoms. The van der Waals surface area contributed by atoms with Gasteiger partial charge in [-0.25, -0.2) is 9.78 Å². The van der Waals surface area contributed by atoms with Gasteiger partial charge in [-0.3, -0.25) is 14.4 Å². The van der Waals surface area contributed by atoms with Crippen molar-refractivity contribution in [2.24, 2.45) is 5.73 Å². The molecule has 7 rings (SSSR count). The van der Waals surface area contributed by atoms with Gasteiger partial charge in [-0.2, -0.15) is 0 Å². The molecule has 294 valence electrons. The molecular formula is C39H41N5O12. The molecule has 2 aromatic heterocycles. The van der Waals surface area contributed by atoms with Crippen LogP contribution in [0.3, 0.4) is 0 Å². The summed E-state index contributed by atoms with van der Waals surface area (Å²) in [4.78, 5) is 69.1. The van der Waals surface area contributed by atoms with E-state index in [0.717, 1.165) is 12.7 Å². The molecule has 0 radical (unpaired) electrons. The van der Waals surface area contributed by atoms with E-state index in [1.165, 1.54) is 22.5 Å². The number of benzene rings is 2. The van der Waals surface area contributed by atoms with E-state index >= 15 is 0 Å². The van der Waals surface area contributed by atoms with Crippen molar-refractivity contribution in [3.63, 3.8) is 0 Å². The molecule has 1 saturated heterocycles. The van der Waals surface area contributed by atoms with E-state index < -0.39 is 36.6 Å². The first-order chi connectivity index (χ1) is 27.1. The van der Waals surface area contributed by atoms with Gasteiger partial charge >= 0.3 is 12.1 Å². The number of fused-ring (bicyclic) bond motifs is 5. The van der Waals surface area contributed by atoms with Crippen molar-refractivity contribution >= 4 is 40.8 Å². The van der Waals surface area contributed by atoms with Gasteiger partial charge in [-0.1, -0.05) is 6.07 Å². The lowest BCUT2D eigenvalue weighted by atomic mass is 9.99. The zero-order valence-electron chi connectivity index (χ0n) is 30.8. The number of aromatic hydroxyl groups is 1. The molecule has 4 aromatic rings. The molecule has 2 atom stereocenters. The van der Waals surface area contributed by atoms with Crippen LogP contribution in [-0.2, 0) is 54.9 Å². The minimum absolute atomic E-state index is 0.0336. The predicted molar refractivity (Wildman–Crippen MR) is 198 cm³/mol. The van der Waals surface area contributed by atoms with Crippen LogP contribution in [0, 0.1) is 0 Å². The fraction of sp³-hybridized carbons (Fsp3) is 0.385. The quantitative estimate of drug-likeness (QED) is 0.114. The van der Waals surface area contributed by atoms with Crippen LogP contribution in [0.15, 0.2) is 41.2 Å². The van der Waals surface area contributed by atoms with Crippen molar-refractivity contribution in [3.05, 3.63) is 69.0 Å². The van der Waals surface area contributed by atoms with E-state index in [-0.39, 0.29) is 63.2 Å². The highest BCUT2D eigenvalue weighted by molar-refractivity contribution is 5.93. The number of nitrogens with zero attached hydrogens (tertiary/aromatic N) is 3. The summed E-state index contributed by atoms with van der Waals surface area (Å²) >= 11 is 0. The number of nitrogens with two attached hydrogens (primary N) is 1. The van der Waals surface area contributed by atoms with E-state index in [1.54, 1.807) is 37.3 Å². The highest BCUT2D eigenvalue weighted by Crippen LogP contribution is 2.42. The van der Waals surface area contributed by atoms with Crippen molar-refractivity contribution in [1.29, 1.82) is 0 Å². The van der Waals surface area contributed by atoms with Crippen LogP contribution in [-0.4, -0.2) is 76.1 Å². The van der Waals surface area contributed by atoms with Crippen molar-refractivity contribution < 1.29 is 52.7 Å². The number of hydrogen-bond donors (Lipinski definition) is 3. The number of aldehydes is 1. The SMILES string of the molecule is CCN(Cc1c2c(nc3cc4c(cc13)OCO4)-c1cc(O)c(COC(C)=O)c(=O)n1C2)C(=O)OCc1ccc(OC2CCCC(C=O)O2)c(NC(=O)CCN)c1. The molecule has 4 N–H and O–H groups in total. The maximum Gasteiger partial charge on any atom is 0.410 e. The Labute approximate surface area is 320 Å².